The van der Waals surface area contributed by atoms with E-state index in [2.05, 4.69) is 15.0 Å². The molecule has 35 heavy (non-hydrogen) atoms. The number of anilines is 1. The Morgan fingerprint density at radius 2 is 1.77 bits per heavy atom. The van der Waals surface area contributed by atoms with E-state index in [9.17, 15) is 14.4 Å². The van der Waals surface area contributed by atoms with Crippen LogP contribution in [0.5, 0.6) is 0 Å². The Morgan fingerprint density at radius 3 is 2.49 bits per heavy atom. The first-order valence-corrected chi connectivity index (χ1v) is 12.6. The van der Waals surface area contributed by atoms with E-state index in [1.807, 2.05) is 59.5 Å². The summed E-state index contributed by atoms with van der Waals surface area (Å²) >= 11 is 1.49. The predicted octanol–water partition coefficient (Wildman–Crippen LogP) is 4.97. The molecule has 1 aliphatic rings. The van der Waals surface area contributed by atoms with Crippen LogP contribution in [-0.4, -0.2) is 47.9 Å². The van der Waals surface area contributed by atoms with Crippen molar-refractivity contribution in [2.24, 2.45) is 5.92 Å². The number of hydrogen-bond donors (Lipinski definition) is 1. The van der Waals surface area contributed by atoms with Gasteiger partial charge in [-0.25, -0.2) is 4.98 Å². The van der Waals surface area contributed by atoms with Crippen molar-refractivity contribution in [3.63, 3.8) is 0 Å². The molecule has 7 nitrogen and oxygen atoms in total. The molecule has 8 heteroatoms. The Kier molecular flexibility index (Phi) is 7.92. The number of nitrogens with one attached hydrogen (secondary N) is 1. The van der Waals surface area contributed by atoms with Crippen LogP contribution in [0.1, 0.15) is 47.6 Å². The molecule has 2 aromatic carbocycles. The van der Waals surface area contributed by atoms with E-state index in [0.717, 1.165) is 34.7 Å². The van der Waals surface area contributed by atoms with Crippen molar-refractivity contribution < 1.29 is 19.1 Å². The van der Waals surface area contributed by atoms with Crippen LogP contribution in [0.4, 0.5) is 5.69 Å². The van der Waals surface area contributed by atoms with Gasteiger partial charge in [-0.2, -0.15) is 0 Å². The lowest BCUT2D eigenvalue weighted by molar-refractivity contribution is -0.146. The van der Waals surface area contributed by atoms with Crippen molar-refractivity contribution in [1.29, 1.82) is 0 Å². The highest BCUT2D eigenvalue weighted by Gasteiger charge is 2.29. The minimum Gasteiger partial charge on any atom is -0.469 e. The number of hydrogen-bond acceptors (Lipinski definition) is 6. The van der Waals surface area contributed by atoms with Gasteiger partial charge in [-0.15, -0.1) is 11.3 Å². The lowest BCUT2D eigenvalue weighted by Gasteiger charge is -2.32. The quantitative estimate of drug-likeness (QED) is 0.472. The second kappa shape index (κ2) is 11.3. The number of rotatable bonds is 7. The van der Waals surface area contributed by atoms with Gasteiger partial charge < -0.3 is 15.0 Å². The van der Waals surface area contributed by atoms with Gasteiger partial charge in [0.2, 0.25) is 5.91 Å². The fraction of sp³-hybridized carbons (Fsp3) is 0.333. The molecule has 0 spiro atoms. The second-order valence-corrected chi connectivity index (χ2v) is 9.61. The first kappa shape index (κ1) is 24.6. The normalized spacial score (nSPS) is 14.9. The van der Waals surface area contributed by atoms with Crippen LogP contribution < -0.4 is 5.32 Å². The number of nitrogens with zero attached hydrogens (tertiary/aromatic N) is 2. The van der Waals surface area contributed by atoms with Crippen LogP contribution in [0, 0.1) is 5.92 Å². The van der Waals surface area contributed by atoms with E-state index < -0.39 is 5.92 Å². The van der Waals surface area contributed by atoms with Gasteiger partial charge in [0, 0.05) is 41.6 Å². The van der Waals surface area contributed by atoms with Crippen molar-refractivity contribution in [3.8, 4) is 11.1 Å². The number of carbonyl (C=O) groups excluding carboxylic acids is 3. The molecule has 0 radical (unpaired) electrons. The zero-order chi connectivity index (χ0) is 24.8. The molecule has 3 aromatic rings. The third-order valence-corrected chi connectivity index (χ3v) is 7.30. The number of aromatic nitrogens is 1. The van der Waals surface area contributed by atoms with Crippen LogP contribution in [0.25, 0.3) is 11.1 Å². The summed E-state index contributed by atoms with van der Waals surface area (Å²) in [7, 11) is 1.33. The smallest absolute Gasteiger partial charge is 0.306 e. The molecule has 0 unspecified atom stereocenters. The van der Waals surface area contributed by atoms with Crippen LogP contribution in [-0.2, 0) is 14.3 Å². The Labute approximate surface area is 209 Å². The van der Waals surface area contributed by atoms with Gasteiger partial charge in [0.05, 0.1) is 18.5 Å². The minimum absolute atomic E-state index is 0.0230. The van der Waals surface area contributed by atoms with Crippen LogP contribution in [0.2, 0.25) is 0 Å². The molecule has 0 aliphatic carbocycles. The molecule has 0 bridgehead atoms. The van der Waals surface area contributed by atoms with Gasteiger partial charge in [-0.1, -0.05) is 55.5 Å². The maximum atomic E-state index is 13.0. The van der Waals surface area contributed by atoms with Gasteiger partial charge in [0.25, 0.3) is 5.91 Å². The van der Waals surface area contributed by atoms with Crippen LogP contribution >= 0.6 is 11.3 Å². The zero-order valence-electron chi connectivity index (χ0n) is 19.9. The second-order valence-electron chi connectivity index (χ2n) is 8.72. The highest BCUT2D eigenvalue weighted by Crippen LogP contribution is 2.32. The van der Waals surface area contributed by atoms with Crippen LogP contribution in [0.3, 0.4) is 0 Å². The fourth-order valence-electron chi connectivity index (χ4n) is 4.31. The zero-order valence-corrected chi connectivity index (χ0v) is 20.7. The average molecular weight is 492 g/mol. The Hall–Kier alpha value is -3.52. The van der Waals surface area contributed by atoms with Crippen molar-refractivity contribution in [1.82, 2.24) is 9.88 Å². The highest BCUT2D eigenvalue weighted by atomic mass is 32.1. The van der Waals surface area contributed by atoms with Crippen molar-refractivity contribution in [2.75, 3.05) is 25.5 Å². The Balaban J connectivity index is 1.36. The summed E-state index contributed by atoms with van der Waals surface area (Å²) in [6.07, 6.45) is 1.65. The van der Waals surface area contributed by atoms with E-state index in [0.29, 0.717) is 18.8 Å². The molecular weight excluding hydrogens is 462 g/mol. The minimum atomic E-state index is -0.395. The molecule has 1 N–H and O–H groups in total. The average Bonchev–Trinajstić information content (AvgIpc) is 3.40. The topological polar surface area (TPSA) is 88.6 Å². The number of methoxy groups -OCH3 is 1. The van der Waals surface area contributed by atoms with Crippen molar-refractivity contribution in [2.45, 2.75) is 32.1 Å². The first-order valence-electron chi connectivity index (χ1n) is 11.7. The lowest BCUT2D eigenvalue weighted by Crippen LogP contribution is -2.41. The number of likely N-dealkylation sites (tertiary alicyclic amines) is 1. The highest BCUT2D eigenvalue weighted by molar-refractivity contribution is 7.10. The van der Waals surface area contributed by atoms with Crippen molar-refractivity contribution >= 4 is 34.8 Å². The number of carbonyl (C=O) groups is 3. The predicted molar refractivity (Wildman–Crippen MR) is 136 cm³/mol. The molecule has 1 aliphatic heterocycles. The Bertz CT molecular complexity index is 1190. The number of amides is 2. The summed E-state index contributed by atoms with van der Waals surface area (Å²) in [5.74, 6) is -0.822. The Morgan fingerprint density at radius 1 is 1.09 bits per heavy atom. The number of benzene rings is 2. The summed E-state index contributed by atoms with van der Waals surface area (Å²) in [6.45, 7) is 2.98. The molecule has 1 saturated heterocycles. The van der Waals surface area contributed by atoms with Crippen LogP contribution in [0.15, 0.2) is 60.0 Å². The molecule has 1 fully saturated rings. The molecule has 2 heterocycles. The van der Waals surface area contributed by atoms with E-state index >= 15 is 0 Å². The van der Waals surface area contributed by atoms with E-state index in [1.54, 1.807) is 12.3 Å². The van der Waals surface area contributed by atoms with E-state index in [4.69, 9.17) is 0 Å². The van der Waals surface area contributed by atoms with Gasteiger partial charge in [0.15, 0.2) is 0 Å². The van der Waals surface area contributed by atoms with Crippen molar-refractivity contribution in [3.05, 3.63) is 70.7 Å². The summed E-state index contributed by atoms with van der Waals surface area (Å²) in [5.41, 5.74) is 3.13. The maximum absolute atomic E-state index is 13.0. The monoisotopic (exact) mass is 491 g/mol. The van der Waals surface area contributed by atoms with Gasteiger partial charge >= 0.3 is 5.97 Å². The van der Waals surface area contributed by atoms with Gasteiger partial charge in [-0.05, 0) is 24.5 Å². The number of esters is 1. The molecular formula is C27H29N3O4S. The van der Waals surface area contributed by atoms with Gasteiger partial charge in [0.1, 0.15) is 5.69 Å². The fourth-order valence-corrected chi connectivity index (χ4v) is 5.28. The molecule has 0 saturated carbocycles. The lowest BCUT2D eigenvalue weighted by atomic mass is 9.96. The molecule has 1 atom stereocenters. The number of para-hydroxylation sites is 1. The first-order chi connectivity index (χ1) is 17.0. The number of thiazole rings is 1. The summed E-state index contributed by atoms with van der Waals surface area (Å²) in [4.78, 5) is 43.5. The summed E-state index contributed by atoms with van der Waals surface area (Å²) in [5, 5.41) is 5.73. The summed E-state index contributed by atoms with van der Waals surface area (Å²) < 4.78 is 4.67. The van der Waals surface area contributed by atoms with Gasteiger partial charge in [-0.3, -0.25) is 14.4 Å². The number of ether oxygens (including phenoxy) is 1. The molecule has 2 amide bonds. The third-order valence-electron chi connectivity index (χ3n) is 6.29. The van der Waals surface area contributed by atoms with E-state index in [-0.39, 0.29) is 30.1 Å². The third kappa shape index (κ3) is 5.95. The maximum Gasteiger partial charge on any atom is 0.306 e. The standard InChI is InChI=1S/C27H29N3O4S/c1-18(16-24(31)34-2)27(33)30-14-12-20(13-15-30)26-29-23(17-35-26)25(32)28-22-11-7-6-10-21(22)19-8-4-3-5-9-19/h3-11,17-18,20H,12-16H2,1-2H3,(H,28,32)/t18-/m1/s1. The molecule has 1 aromatic heterocycles. The SMILES string of the molecule is COC(=O)C[C@@H](C)C(=O)N1CCC(c2nc(C(=O)Nc3ccccc3-c3ccccc3)cs2)CC1. The summed E-state index contributed by atoms with van der Waals surface area (Å²) in [6, 6.07) is 17.7. The van der Waals surface area contributed by atoms with E-state index in [1.165, 1.54) is 18.4 Å². The number of piperidine rings is 1. The molecule has 182 valence electrons. The largest absolute Gasteiger partial charge is 0.469 e. The molecule has 4 rings (SSSR count).